The van der Waals surface area contributed by atoms with Gasteiger partial charge in [0, 0.05) is 47.6 Å². The quantitative estimate of drug-likeness (QED) is 0.229. The number of halogens is 2. The van der Waals surface area contributed by atoms with Crippen LogP contribution in [0.4, 0.5) is 5.69 Å². The number of sulfonamides is 1. The molecule has 10 heteroatoms. The van der Waals surface area contributed by atoms with E-state index in [1.165, 1.54) is 4.31 Å². The molecule has 0 aromatic heterocycles. The number of aryl methyl sites for hydroxylation is 1. The summed E-state index contributed by atoms with van der Waals surface area (Å²) in [6, 6.07) is 21.2. The van der Waals surface area contributed by atoms with Crippen molar-refractivity contribution in [2.45, 2.75) is 70.5 Å². The zero-order valence-electron chi connectivity index (χ0n) is 24.6. The number of carbonyl (C=O) groups is 2. The van der Waals surface area contributed by atoms with Crippen LogP contribution in [0, 0.1) is 6.92 Å². The van der Waals surface area contributed by atoms with Crippen molar-refractivity contribution in [3.05, 3.63) is 99.5 Å². The highest BCUT2D eigenvalue weighted by Crippen LogP contribution is 2.28. The molecule has 0 heterocycles. The second-order valence-corrected chi connectivity index (χ2v) is 13.9. The van der Waals surface area contributed by atoms with Crippen LogP contribution < -0.4 is 9.62 Å². The van der Waals surface area contributed by atoms with Gasteiger partial charge in [-0.05, 0) is 56.0 Å². The molecule has 1 aliphatic rings. The summed E-state index contributed by atoms with van der Waals surface area (Å²) in [4.78, 5) is 29.5. The van der Waals surface area contributed by atoms with E-state index >= 15 is 0 Å². The predicted molar refractivity (Wildman–Crippen MR) is 174 cm³/mol. The summed E-state index contributed by atoms with van der Waals surface area (Å²) in [5, 5.41) is 3.99. The second kappa shape index (κ2) is 15.1. The van der Waals surface area contributed by atoms with Crippen molar-refractivity contribution in [3.63, 3.8) is 0 Å². The van der Waals surface area contributed by atoms with Crippen LogP contribution >= 0.6 is 23.2 Å². The van der Waals surface area contributed by atoms with Gasteiger partial charge in [0.25, 0.3) is 0 Å². The number of anilines is 1. The third-order valence-electron chi connectivity index (χ3n) is 7.84. The molecule has 0 aliphatic heterocycles. The minimum absolute atomic E-state index is 0.0297. The van der Waals surface area contributed by atoms with Gasteiger partial charge >= 0.3 is 0 Å². The Morgan fingerprint density at radius 3 is 2.16 bits per heavy atom. The van der Waals surface area contributed by atoms with Crippen molar-refractivity contribution in [2.24, 2.45) is 0 Å². The van der Waals surface area contributed by atoms with Crippen LogP contribution in [0.2, 0.25) is 10.0 Å². The molecule has 1 fully saturated rings. The zero-order valence-corrected chi connectivity index (χ0v) is 27.0. The third-order valence-corrected chi connectivity index (χ3v) is 9.74. The van der Waals surface area contributed by atoms with E-state index in [1.807, 2.05) is 49.4 Å². The molecule has 1 saturated carbocycles. The molecular weight excluding hydrogens is 605 g/mol. The van der Waals surface area contributed by atoms with Crippen molar-refractivity contribution < 1.29 is 18.0 Å². The van der Waals surface area contributed by atoms with Crippen molar-refractivity contribution in [3.8, 4) is 0 Å². The first kappa shape index (κ1) is 32.8. The zero-order chi connectivity index (χ0) is 31.0. The second-order valence-electron chi connectivity index (χ2n) is 11.2. The Hall–Kier alpha value is -3.07. The predicted octanol–water partition coefficient (Wildman–Crippen LogP) is 6.55. The monoisotopic (exact) mass is 643 g/mol. The Morgan fingerprint density at radius 1 is 0.930 bits per heavy atom. The Bertz CT molecular complexity index is 1470. The molecule has 1 aliphatic carbocycles. The van der Waals surface area contributed by atoms with Crippen molar-refractivity contribution in [2.75, 3.05) is 17.1 Å². The van der Waals surface area contributed by atoms with Crippen LogP contribution in [0.25, 0.3) is 0 Å². The fourth-order valence-electron chi connectivity index (χ4n) is 5.49. The molecule has 1 N–H and O–H groups in total. The van der Waals surface area contributed by atoms with Crippen molar-refractivity contribution in [1.29, 1.82) is 0 Å². The van der Waals surface area contributed by atoms with Crippen LogP contribution in [-0.2, 0) is 32.6 Å². The van der Waals surface area contributed by atoms with E-state index in [-0.39, 0.29) is 43.8 Å². The van der Waals surface area contributed by atoms with Gasteiger partial charge in [-0.15, -0.1) is 0 Å². The van der Waals surface area contributed by atoms with Crippen LogP contribution in [0.15, 0.2) is 72.8 Å². The number of amides is 2. The molecule has 0 spiro atoms. The Kier molecular flexibility index (Phi) is 11.5. The standard InChI is InChI=1S/C33H39Cl2N3O4S/c1-24-17-19-27(20-18-24)38(43(2,41)42)21-9-16-32(39)37(23-28-29(34)14-8-15-30(28)35)31(22-25-10-4-3-5-11-25)33(40)36-26-12-6-7-13-26/h3-5,8,10-11,14-15,17-20,26,31H,6-7,9,12-13,16,21-23H2,1-2H3,(H,36,40)/t31-/m1/s1. The molecule has 3 aromatic rings. The van der Waals surface area contributed by atoms with Crippen molar-refractivity contribution in [1.82, 2.24) is 10.2 Å². The molecule has 0 saturated heterocycles. The lowest BCUT2D eigenvalue weighted by Gasteiger charge is -2.33. The highest BCUT2D eigenvalue weighted by Gasteiger charge is 2.33. The third kappa shape index (κ3) is 9.21. The van der Waals surface area contributed by atoms with Gasteiger partial charge in [0.1, 0.15) is 6.04 Å². The molecule has 3 aromatic carbocycles. The van der Waals surface area contributed by atoms with Gasteiger partial charge in [0.05, 0.1) is 11.9 Å². The molecule has 0 bridgehead atoms. The van der Waals surface area contributed by atoms with E-state index in [9.17, 15) is 18.0 Å². The smallest absolute Gasteiger partial charge is 0.243 e. The van der Waals surface area contributed by atoms with E-state index in [1.54, 1.807) is 35.2 Å². The highest BCUT2D eigenvalue weighted by molar-refractivity contribution is 7.92. The molecule has 7 nitrogen and oxygen atoms in total. The van der Waals surface area contributed by atoms with Gasteiger partial charge in [0.2, 0.25) is 21.8 Å². The van der Waals surface area contributed by atoms with Gasteiger partial charge in [-0.1, -0.05) is 90.1 Å². The number of nitrogens with one attached hydrogen (secondary N) is 1. The summed E-state index contributed by atoms with van der Waals surface area (Å²) in [5.74, 6) is -0.499. The lowest BCUT2D eigenvalue weighted by Crippen LogP contribution is -2.52. The largest absolute Gasteiger partial charge is 0.352 e. The molecule has 230 valence electrons. The first-order valence-electron chi connectivity index (χ1n) is 14.6. The minimum atomic E-state index is -3.58. The maximum atomic E-state index is 14.0. The molecular formula is C33H39Cl2N3O4S. The SMILES string of the molecule is Cc1ccc(N(CCCC(=O)N(Cc2c(Cl)cccc2Cl)[C@H](Cc2ccccc2)C(=O)NC2CCCC2)S(C)(=O)=O)cc1. The van der Waals surface area contributed by atoms with Crippen LogP contribution in [0.3, 0.4) is 0 Å². The number of nitrogens with zero attached hydrogens (tertiary/aromatic N) is 2. The fraction of sp³-hybridized carbons (Fsp3) is 0.394. The minimum Gasteiger partial charge on any atom is -0.352 e. The summed E-state index contributed by atoms with van der Waals surface area (Å²) in [6.45, 7) is 2.09. The molecule has 4 rings (SSSR count). The first-order valence-corrected chi connectivity index (χ1v) is 17.2. The van der Waals surface area contributed by atoms with E-state index < -0.39 is 16.1 Å². The summed E-state index contributed by atoms with van der Waals surface area (Å²) < 4.78 is 26.6. The van der Waals surface area contributed by atoms with Gasteiger partial charge in [-0.3, -0.25) is 13.9 Å². The summed E-state index contributed by atoms with van der Waals surface area (Å²) >= 11 is 13.1. The Balaban J connectivity index is 1.62. The van der Waals surface area contributed by atoms with Gasteiger partial charge in [-0.2, -0.15) is 0 Å². The summed E-state index contributed by atoms with van der Waals surface area (Å²) in [7, 11) is -3.58. The lowest BCUT2D eigenvalue weighted by atomic mass is 10.0. The maximum Gasteiger partial charge on any atom is 0.243 e. The van der Waals surface area contributed by atoms with Gasteiger partial charge < -0.3 is 10.2 Å². The Labute approximate surface area is 265 Å². The first-order chi connectivity index (χ1) is 20.5. The number of carbonyl (C=O) groups excluding carboxylic acids is 2. The van der Waals surface area contributed by atoms with E-state index in [0.717, 1.165) is 43.1 Å². The fourth-order valence-corrected chi connectivity index (χ4v) is 6.97. The van der Waals surface area contributed by atoms with Gasteiger partial charge in [-0.25, -0.2) is 8.42 Å². The van der Waals surface area contributed by atoms with Gasteiger partial charge in [0.15, 0.2) is 0 Å². The Morgan fingerprint density at radius 2 is 1.56 bits per heavy atom. The molecule has 2 amide bonds. The number of hydrogen-bond donors (Lipinski definition) is 1. The average Bonchev–Trinajstić information content (AvgIpc) is 3.48. The highest BCUT2D eigenvalue weighted by atomic mass is 35.5. The average molecular weight is 645 g/mol. The van der Waals surface area contributed by atoms with E-state index in [0.29, 0.717) is 27.7 Å². The molecule has 0 radical (unpaired) electrons. The normalized spacial score (nSPS) is 14.3. The molecule has 43 heavy (non-hydrogen) atoms. The number of hydrogen-bond acceptors (Lipinski definition) is 4. The van der Waals surface area contributed by atoms with Crippen molar-refractivity contribution >= 4 is 50.7 Å². The summed E-state index contributed by atoms with van der Waals surface area (Å²) in [6.07, 6.45) is 5.70. The van der Waals surface area contributed by atoms with Crippen LogP contribution in [0.5, 0.6) is 0 Å². The number of benzene rings is 3. The van der Waals surface area contributed by atoms with Crippen LogP contribution in [-0.4, -0.2) is 50.0 Å². The van der Waals surface area contributed by atoms with E-state index in [2.05, 4.69) is 5.32 Å². The molecule has 1 atom stereocenters. The topological polar surface area (TPSA) is 86.8 Å². The summed E-state index contributed by atoms with van der Waals surface area (Å²) in [5.41, 5.74) is 3.03. The molecule has 0 unspecified atom stereocenters. The maximum absolute atomic E-state index is 14.0. The van der Waals surface area contributed by atoms with Crippen LogP contribution in [0.1, 0.15) is 55.2 Å². The number of rotatable bonds is 13. The lowest BCUT2D eigenvalue weighted by molar-refractivity contribution is -0.141. The van der Waals surface area contributed by atoms with E-state index in [4.69, 9.17) is 23.2 Å².